The van der Waals surface area contributed by atoms with E-state index in [2.05, 4.69) is 29.0 Å². The number of hydrogen-bond donors (Lipinski definition) is 1. The summed E-state index contributed by atoms with van der Waals surface area (Å²) in [5.74, 6) is 1.25. The number of nitrogens with two attached hydrogens (primary N) is 1. The minimum absolute atomic E-state index is 0.256. The van der Waals surface area contributed by atoms with Crippen LogP contribution in [0.3, 0.4) is 0 Å². The first-order valence-corrected chi connectivity index (χ1v) is 6.15. The maximum atomic E-state index is 6.02. The molecule has 0 aromatic carbocycles. The van der Waals surface area contributed by atoms with Crippen LogP contribution in [0, 0.1) is 5.92 Å². The summed E-state index contributed by atoms with van der Waals surface area (Å²) < 4.78 is 5.15. The fourth-order valence-electron chi connectivity index (χ4n) is 1.64. The van der Waals surface area contributed by atoms with E-state index in [9.17, 15) is 0 Å². The smallest absolute Gasteiger partial charge is 0.243 e. The van der Waals surface area contributed by atoms with Crippen LogP contribution in [0.5, 0.6) is 0 Å². The second-order valence-corrected chi connectivity index (χ2v) is 4.93. The van der Waals surface area contributed by atoms with Gasteiger partial charge < -0.3 is 10.3 Å². The fraction of sp³-hybridized carbons (Fsp3) is 0.417. The summed E-state index contributed by atoms with van der Waals surface area (Å²) in [6.45, 7) is 4.18. The predicted octanol–water partition coefficient (Wildman–Crippen LogP) is 2.83. The van der Waals surface area contributed by atoms with Crippen LogP contribution in [0.2, 0.25) is 5.02 Å². The van der Waals surface area contributed by atoms with Gasteiger partial charge in [-0.25, -0.2) is 0 Å². The average molecular weight is 267 g/mol. The number of pyridine rings is 1. The van der Waals surface area contributed by atoms with Gasteiger partial charge >= 0.3 is 0 Å². The quantitative estimate of drug-likeness (QED) is 0.921. The van der Waals surface area contributed by atoms with Gasteiger partial charge in [0.15, 0.2) is 0 Å². The van der Waals surface area contributed by atoms with E-state index in [-0.39, 0.29) is 6.04 Å². The van der Waals surface area contributed by atoms with Crippen LogP contribution in [0.1, 0.15) is 32.2 Å². The van der Waals surface area contributed by atoms with Gasteiger partial charge in [0.05, 0.1) is 11.1 Å². The summed E-state index contributed by atoms with van der Waals surface area (Å²) in [6.07, 6.45) is 2.42. The Morgan fingerprint density at radius 1 is 1.44 bits per heavy atom. The highest BCUT2D eigenvalue weighted by atomic mass is 35.5. The predicted molar refractivity (Wildman–Crippen MR) is 68.9 cm³/mol. The molecule has 5 nitrogen and oxygen atoms in total. The van der Waals surface area contributed by atoms with Gasteiger partial charge in [0.25, 0.3) is 0 Å². The molecule has 0 radical (unpaired) electrons. The molecule has 0 saturated heterocycles. The van der Waals surface area contributed by atoms with Crippen molar-refractivity contribution in [1.82, 2.24) is 15.1 Å². The Labute approximate surface area is 110 Å². The van der Waals surface area contributed by atoms with E-state index in [0.29, 0.717) is 28.3 Å². The lowest BCUT2D eigenvalue weighted by molar-refractivity contribution is 0.335. The first-order valence-electron chi connectivity index (χ1n) is 5.78. The highest BCUT2D eigenvalue weighted by Crippen LogP contribution is 2.24. The van der Waals surface area contributed by atoms with Crippen LogP contribution < -0.4 is 5.73 Å². The van der Waals surface area contributed by atoms with Crippen LogP contribution in [-0.4, -0.2) is 15.1 Å². The zero-order valence-electron chi connectivity index (χ0n) is 10.3. The summed E-state index contributed by atoms with van der Waals surface area (Å²) in [6, 6.07) is 3.22. The van der Waals surface area contributed by atoms with Crippen molar-refractivity contribution in [3.05, 3.63) is 29.2 Å². The average Bonchev–Trinajstić information content (AvgIpc) is 2.78. The van der Waals surface area contributed by atoms with E-state index in [1.54, 1.807) is 18.3 Å². The summed E-state index contributed by atoms with van der Waals surface area (Å²) in [7, 11) is 0. The lowest BCUT2D eigenvalue weighted by Crippen LogP contribution is -2.13. The zero-order valence-corrected chi connectivity index (χ0v) is 11.1. The van der Waals surface area contributed by atoms with Gasteiger partial charge in [-0.3, -0.25) is 4.98 Å². The van der Waals surface area contributed by atoms with Crippen molar-refractivity contribution in [2.45, 2.75) is 26.3 Å². The van der Waals surface area contributed by atoms with Crippen LogP contribution in [0.4, 0.5) is 0 Å². The maximum absolute atomic E-state index is 6.02. The van der Waals surface area contributed by atoms with Gasteiger partial charge in [-0.05, 0) is 24.5 Å². The standard InChI is InChI=1S/C12H15ClN4O/c1-7(2)6-9(14)12-16-11(17-18-12)10-8(13)4-3-5-15-10/h3-5,7,9H,6,14H2,1-2H3/t9-/m0/s1. The zero-order chi connectivity index (χ0) is 13.1. The van der Waals surface area contributed by atoms with Crippen LogP contribution in [0.25, 0.3) is 11.5 Å². The molecule has 2 N–H and O–H groups in total. The molecule has 0 amide bonds. The Morgan fingerprint density at radius 3 is 2.89 bits per heavy atom. The molecule has 0 bridgehead atoms. The highest BCUT2D eigenvalue weighted by Gasteiger charge is 2.18. The molecule has 0 aliphatic carbocycles. The highest BCUT2D eigenvalue weighted by molar-refractivity contribution is 6.32. The molecule has 96 valence electrons. The van der Waals surface area contributed by atoms with Gasteiger partial charge in [0, 0.05) is 6.20 Å². The van der Waals surface area contributed by atoms with E-state index in [0.717, 1.165) is 6.42 Å². The van der Waals surface area contributed by atoms with E-state index < -0.39 is 0 Å². The molecule has 0 aliphatic rings. The maximum Gasteiger partial charge on any atom is 0.243 e. The van der Waals surface area contributed by atoms with Crippen molar-refractivity contribution in [3.63, 3.8) is 0 Å². The lowest BCUT2D eigenvalue weighted by atomic mass is 10.0. The van der Waals surface area contributed by atoms with E-state index >= 15 is 0 Å². The van der Waals surface area contributed by atoms with Gasteiger partial charge in [0.2, 0.25) is 11.7 Å². The molecule has 18 heavy (non-hydrogen) atoms. The summed E-state index contributed by atoms with van der Waals surface area (Å²) in [5, 5.41) is 4.35. The van der Waals surface area contributed by atoms with E-state index in [1.807, 2.05) is 0 Å². The molecular formula is C12H15ClN4O. The van der Waals surface area contributed by atoms with Crippen molar-refractivity contribution < 1.29 is 4.52 Å². The Morgan fingerprint density at radius 2 is 2.22 bits per heavy atom. The van der Waals surface area contributed by atoms with Gasteiger partial charge in [0.1, 0.15) is 5.69 Å². The first kappa shape index (κ1) is 13.0. The monoisotopic (exact) mass is 266 g/mol. The second-order valence-electron chi connectivity index (χ2n) is 4.53. The Hall–Kier alpha value is -1.46. The number of nitrogens with zero attached hydrogens (tertiary/aromatic N) is 3. The van der Waals surface area contributed by atoms with Crippen molar-refractivity contribution in [3.8, 4) is 11.5 Å². The normalized spacial score (nSPS) is 12.9. The summed E-state index contributed by atoms with van der Waals surface area (Å²) in [5.41, 5.74) is 6.48. The van der Waals surface area contributed by atoms with E-state index in [4.69, 9.17) is 21.9 Å². The molecule has 2 aromatic heterocycles. The van der Waals surface area contributed by atoms with Gasteiger partial charge in [-0.2, -0.15) is 4.98 Å². The molecule has 1 atom stereocenters. The molecule has 2 aromatic rings. The number of rotatable bonds is 4. The summed E-state index contributed by atoms with van der Waals surface area (Å²) >= 11 is 6.02. The third kappa shape index (κ3) is 2.86. The van der Waals surface area contributed by atoms with Gasteiger partial charge in [-0.1, -0.05) is 30.6 Å². The van der Waals surface area contributed by atoms with E-state index in [1.165, 1.54) is 0 Å². The third-order valence-electron chi connectivity index (χ3n) is 2.45. The molecule has 0 aliphatic heterocycles. The second kappa shape index (κ2) is 5.46. The molecule has 0 saturated carbocycles. The number of hydrogen-bond acceptors (Lipinski definition) is 5. The molecule has 0 unspecified atom stereocenters. The summed E-state index contributed by atoms with van der Waals surface area (Å²) in [4.78, 5) is 8.37. The molecule has 2 heterocycles. The molecule has 2 rings (SSSR count). The minimum atomic E-state index is -0.256. The molecule has 0 spiro atoms. The van der Waals surface area contributed by atoms with Crippen molar-refractivity contribution in [2.24, 2.45) is 11.7 Å². The first-order chi connectivity index (χ1) is 8.58. The Kier molecular flexibility index (Phi) is 3.93. The van der Waals surface area contributed by atoms with Crippen molar-refractivity contribution in [2.75, 3.05) is 0 Å². The Bertz CT molecular complexity index is 526. The fourth-order valence-corrected chi connectivity index (χ4v) is 1.85. The topological polar surface area (TPSA) is 77.8 Å². The molecule has 0 fully saturated rings. The van der Waals surface area contributed by atoms with Crippen LogP contribution >= 0.6 is 11.6 Å². The van der Waals surface area contributed by atoms with Gasteiger partial charge in [-0.15, -0.1) is 0 Å². The molecular weight excluding hydrogens is 252 g/mol. The lowest BCUT2D eigenvalue weighted by Gasteiger charge is -2.08. The van der Waals surface area contributed by atoms with Crippen molar-refractivity contribution in [1.29, 1.82) is 0 Å². The SMILES string of the molecule is CC(C)C[C@H](N)c1nc(-c2ncccc2Cl)no1. The largest absolute Gasteiger partial charge is 0.337 e. The number of aromatic nitrogens is 3. The van der Waals surface area contributed by atoms with Crippen LogP contribution in [0.15, 0.2) is 22.9 Å². The Balaban J connectivity index is 2.23. The minimum Gasteiger partial charge on any atom is -0.337 e. The van der Waals surface area contributed by atoms with Crippen molar-refractivity contribution >= 4 is 11.6 Å². The third-order valence-corrected chi connectivity index (χ3v) is 2.76. The molecule has 6 heteroatoms. The number of halogens is 1. The van der Waals surface area contributed by atoms with Crippen LogP contribution in [-0.2, 0) is 0 Å².